The average Bonchev–Trinajstić information content (AvgIpc) is 3.93. The van der Waals surface area contributed by atoms with Gasteiger partial charge in [-0.2, -0.15) is 0 Å². The lowest BCUT2D eigenvalue weighted by Gasteiger charge is -2.36. The van der Waals surface area contributed by atoms with Crippen molar-refractivity contribution in [2.45, 2.75) is 67.6 Å². The highest BCUT2D eigenvalue weighted by molar-refractivity contribution is 7.10. The molecule has 1 spiro atoms. The quantitative estimate of drug-likeness (QED) is 0.134. The SMILES string of the molecule is COC(=O)CCCC1(c2cccs2)C2C3=CC4CC5Cc6cc7c8c9c%10c%11c%12c%13c%14c(c%15c3c3c(c%16c(c6c8c%11%16)C5C=34)c%15%12)C21C=C%14CC(C=C9C7)C%13%10. The zero-order valence-corrected chi connectivity index (χ0v) is 29.5. The minimum atomic E-state index is -0.0689. The third-order valence-corrected chi connectivity index (χ3v) is 19.0. The maximum atomic E-state index is 12.7. The number of esters is 1. The van der Waals surface area contributed by atoms with Crippen LogP contribution in [0.3, 0.4) is 0 Å². The summed E-state index contributed by atoms with van der Waals surface area (Å²) in [5.74, 6) is 3.23. The van der Waals surface area contributed by atoms with E-state index in [1.807, 2.05) is 16.9 Å². The van der Waals surface area contributed by atoms with Crippen LogP contribution in [0, 0.1) is 23.7 Å². The number of benzene rings is 4. The molecule has 11 aliphatic rings. The highest BCUT2D eigenvalue weighted by Crippen LogP contribution is 2.85. The Balaban J connectivity index is 1.12. The monoisotopic (exact) mass is 682 g/mol. The second-order valence-electron chi connectivity index (χ2n) is 19.0. The van der Waals surface area contributed by atoms with Crippen LogP contribution in [0.5, 0.6) is 0 Å². The third kappa shape index (κ3) is 1.87. The van der Waals surface area contributed by atoms with E-state index in [0.29, 0.717) is 41.9 Å². The number of thiophene rings is 1. The molecule has 0 saturated heterocycles. The zero-order valence-electron chi connectivity index (χ0n) is 28.7. The van der Waals surface area contributed by atoms with Crippen LogP contribution in [-0.2, 0) is 33.2 Å². The third-order valence-electron chi connectivity index (χ3n) is 17.9. The molecule has 7 aromatic rings. The molecule has 6 aromatic carbocycles. The smallest absolute Gasteiger partial charge is 0.305 e. The van der Waals surface area contributed by atoms with Crippen molar-refractivity contribution in [2.24, 2.45) is 23.7 Å². The maximum Gasteiger partial charge on any atom is 0.305 e. The predicted octanol–water partition coefficient (Wildman–Crippen LogP) is 9.92. The van der Waals surface area contributed by atoms with Crippen LogP contribution < -0.4 is 5.22 Å². The topological polar surface area (TPSA) is 26.3 Å². The summed E-state index contributed by atoms with van der Waals surface area (Å²) >= 11 is 1.98. The predicted molar refractivity (Wildman–Crippen MR) is 208 cm³/mol. The van der Waals surface area contributed by atoms with Gasteiger partial charge in [0.2, 0.25) is 0 Å². The molecule has 1 heterocycles. The molecule has 3 heteroatoms. The van der Waals surface area contributed by atoms with Crippen LogP contribution in [0.4, 0.5) is 0 Å². The summed E-state index contributed by atoms with van der Waals surface area (Å²) in [6.07, 6.45) is 15.8. The van der Waals surface area contributed by atoms with E-state index in [-0.39, 0.29) is 16.8 Å². The molecule has 0 bridgehead atoms. The highest BCUT2D eigenvalue weighted by atomic mass is 32.1. The second kappa shape index (κ2) is 6.75. The summed E-state index contributed by atoms with van der Waals surface area (Å²) < 4.78 is 5.23. The number of fused-ring (bicyclic) bond motifs is 1. The van der Waals surface area contributed by atoms with Gasteiger partial charge in [0.1, 0.15) is 0 Å². The van der Waals surface area contributed by atoms with Crippen molar-refractivity contribution in [3.63, 3.8) is 0 Å². The fraction of sp³-hybridized carbons (Fsp3) is 0.327. The number of rotatable bonds is 5. The van der Waals surface area contributed by atoms with Gasteiger partial charge in [-0.3, -0.25) is 4.79 Å². The Morgan fingerprint density at radius 1 is 0.865 bits per heavy atom. The zero-order chi connectivity index (χ0) is 32.8. The van der Waals surface area contributed by atoms with E-state index in [9.17, 15) is 4.79 Å². The van der Waals surface area contributed by atoms with Crippen molar-refractivity contribution in [1.29, 1.82) is 0 Å². The molecular weight excluding hydrogens is 653 g/mol. The van der Waals surface area contributed by atoms with Gasteiger partial charge in [0, 0.05) is 45.8 Å². The van der Waals surface area contributed by atoms with E-state index in [2.05, 4.69) is 41.8 Å². The number of allylic oxidation sites excluding steroid dienone is 6. The Kier molecular flexibility index (Phi) is 3.21. The Morgan fingerprint density at radius 3 is 2.62 bits per heavy atom. The van der Waals surface area contributed by atoms with E-state index in [0.717, 1.165) is 19.3 Å². The number of methoxy groups -OCH3 is 1. The van der Waals surface area contributed by atoms with Crippen molar-refractivity contribution < 1.29 is 9.53 Å². The number of ether oxygens (including phenoxy) is 1. The minimum absolute atomic E-state index is 0.0231. The molecule has 2 saturated carbocycles. The molecular formula is C49H30O2S. The van der Waals surface area contributed by atoms with Crippen LogP contribution >= 0.6 is 11.3 Å². The van der Waals surface area contributed by atoms with Gasteiger partial charge < -0.3 is 4.74 Å². The fourth-order valence-electron chi connectivity index (χ4n) is 17.2. The summed E-state index contributed by atoms with van der Waals surface area (Å²) in [4.78, 5) is 14.2. The van der Waals surface area contributed by atoms with E-state index in [1.54, 1.807) is 138 Å². The number of carbonyl (C=O) groups is 1. The minimum Gasteiger partial charge on any atom is -0.469 e. The Morgan fingerprint density at radius 2 is 1.73 bits per heavy atom. The average molecular weight is 683 g/mol. The van der Waals surface area contributed by atoms with Gasteiger partial charge in [0.25, 0.3) is 0 Å². The normalized spacial score (nSPS) is 34.7. The number of hydrogen-bond donors (Lipinski definition) is 0. The Bertz CT molecular complexity index is 3370. The standard InChI is InChI=1S/C49H30O2S/c1-51-25(50)5-2-6-48(24-4-3-7-52-24)47-23-14-21-12-18-10-19-9-16-8-17-11-20-13-22-15-49(47,48)46-32(22)37-31(20)36-27(17)26(16)34-30(19)35-28(18)29(21)38-33(23)45(46)44-42(37)40(36)39(34)41(35)43(38)44/h3-4,7,9,11,14-15,18,20-21,28,31,47H,2,5-6,8,10,12-13H2,1H3. The van der Waals surface area contributed by atoms with Crippen molar-refractivity contribution in [3.05, 3.63) is 102 Å². The van der Waals surface area contributed by atoms with E-state index < -0.39 is 0 Å². The van der Waals surface area contributed by atoms with Crippen LogP contribution in [-0.4, -0.2) is 13.1 Å². The first-order valence-electron chi connectivity index (χ1n) is 20.1. The molecule has 2 fully saturated rings. The summed E-state index contributed by atoms with van der Waals surface area (Å²) in [6.45, 7) is 0. The molecule has 2 nitrogen and oxygen atoms in total. The maximum absolute atomic E-state index is 12.7. The lowest BCUT2D eigenvalue weighted by atomic mass is 9.67. The number of carbonyl (C=O) groups excluding carboxylic acids is 1. The Labute approximate surface area is 302 Å². The molecule has 8 unspecified atom stereocenters. The first kappa shape index (κ1) is 24.7. The van der Waals surface area contributed by atoms with Crippen LogP contribution in [0.2, 0.25) is 0 Å². The molecule has 244 valence electrons. The molecule has 0 N–H and O–H groups in total. The van der Waals surface area contributed by atoms with Crippen LogP contribution in [0.25, 0.3) is 76.2 Å². The van der Waals surface area contributed by atoms with Crippen LogP contribution in [0.1, 0.15) is 98.9 Å². The van der Waals surface area contributed by atoms with Crippen molar-refractivity contribution in [1.82, 2.24) is 0 Å². The van der Waals surface area contributed by atoms with Gasteiger partial charge in [-0.25, -0.2) is 0 Å². The fourth-order valence-corrected chi connectivity index (χ4v) is 18.3. The van der Waals surface area contributed by atoms with Gasteiger partial charge in [0.05, 0.1) is 7.11 Å². The van der Waals surface area contributed by atoms with Crippen molar-refractivity contribution >= 4 is 93.5 Å². The molecule has 0 aliphatic heterocycles. The van der Waals surface area contributed by atoms with Crippen LogP contribution in [0.15, 0.2) is 41.8 Å². The van der Waals surface area contributed by atoms with Gasteiger partial charge >= 0.3 is 5.97 Å². The molecule has 18 rings (SSSR count). The lowest BCUT2D eigenvalue weighted by Crippen LogP contribution is -2.26. The summed E-state index contributed by atoms with van der Waals surface area (Å²) in [5, 5.41) is 21.0. The molecule has 11 aliphatic carbocycles. The van der Waals surface area contributed by atoms with Gasteiger partial charge in [-0.15, -0.1) is 11.3 Å². The molecule has 0 radical (unpaired) electrons. The first-order chi connectivity index (χ1) is 25.7. The first-order valence-corrected chi connectivity index (χ1v) is 21.0. The molecule has 52 heavy (non-hydrogen) atoms. The summed E-state index contributed by atoms with van der Waals surface area (Å²) in [5.41, 5.74) is 22.2. The van der Waals surface area contributed by atoms with E-state index in [4.69, 9.17) is 4.74 Å². The number of hydrogen-bond acceptors (Lipinski definition) is 3. The second-order valence-corrected chi connectivity index (χ2v) is 19.9. The summed E-state index contributed by atoms with van der Waals surface area (Å²) in [6, 6.07) is 7.48. The molecule has 8 atom stereocenters. The Hall–Kier alpha value is -4.47. The largest absolute Gasteiger partial charge is 0.469 e. The van der Waals surface area contributed by atoms with E-state index >= 15 is 0 Å². The molecule has 0 amide bonds. The van der Waals surface area contributed by atoms with Gasteiger partial charge in [0.15, 0.2) is 0 Å². The van der Waals surface area contributed by atoms with Crippen molar-refractivity contribution in [2.75, 3.05) is 7.11 Å². The van der Waals surface area contributed by atoms with Gasteiger partial charge in [-0.1, -0.05) is 30.4 Å². The molecule has 1 aromatic heterocycles. The highest BCUT2D eigenvalue weighted by Gasteiger charge is 2.81. The van der Waals surface area contributed by atoms with E-state index in [1.165, 1.54) is 19.3 Å². The van der Waals surface area contributed by atoms with Crippen molar-refractivity contribution in [3.8, 4) is 0 Å². The van der Waals surface area contributed by atoms with Gasteiger partial charge in [-0.05, 0) is 193 Å². The lowest BCUT2D eigenvalue weighted by molar-refractivity contribution is -0.140. The summed E-state index contributed by atoms with van der Waals surface area (Å²) in [7, 11) is 1.55.